The predicted octanol–water partition coefficient (Wildman–Crippen LogP) is 2.57. The highest BCUT2D eigenvalue weighted by molar-refractivity contribution is 5.77. The number of hydrogen-bond acceptors (Lipinski definition) is 5. The number of rotatable bonds is 4. The van der Waals surface area contributed by atoms with Gasteiger partial charge in [-0.1, -0.05) is 0 Å². The molecular weight excluding hydrogens is 244 g/mol. The molecule has 1 fully saturated rings. The molecule has 1 aromatic carbocycles. The van der Waals surface area contributed by atoms with E-state index in [1.807, 2.05) is 18.2 Å². The number of benzene rings is 1. The second kappa shape index (κ2) is 5.59. The first kappa shape index (κ1) is 12.4. The average molecular weight is 262 g/mol. The van der Waals surface area contributed by atoms with Gasteiger partial charge in [0.15, 0.2) is 5.58 Å². The van der Waals surface area contributed by atoms with Crippen LogP contribution in [0.4, 0.5) is 5.69 Å². The zero-order valence-corrected chi connectivity index (χ0v) is 11.0. The first-order valence-corrected chi connectivity index (χ1v) is 6.58. The number of oxazole rings is 1. The minimum absolute atomic E-state index is 0.386. The molecule has 2 heterocycles. The summed E-state index contributed by atoms with van der Waals surface area (Å²) >= 11 is 0. The fraction of sp³-hybridized carbons (Fsp3) is 0.500. The molecule has 0 aliphatic carbocycles. The Hall–Kier alpha value is -1.59. The summed E-state index contributed by atoms with van der Waals surface area (Å²) in [7, 11) is 1.63. The van der Waals surface area contributed by atoms with Crippen molar-refractivity contribution in [2.45, 2.75) is 25.5 Å². The molecule has 0 saturated carbocycles. The van der Waals surface area contributed by atoms with Gasteiger partial charge in [0.05, 0.1) is 6.61 Å². The van der Waals surface area contributed by atoms with Gasteiger partial charge in [-0.25, -0.2) is 4.98 Å². The van der Waals surface area contributed by atoms with Crippen LogP contribution in [0.3, 0.4) is 0 Å². The van der Waals surface area contributed by atoms with Gasteiger partial charge in [0.1, 0.15) is 12.1 Å². The van der Waals surface area contributed by atoms with Crippen LogP contribution in [0.5, 0.6) is 0 Å². The molecule has 0 amide bonds. The molecule has 1 aliphatic rings. The Kier molecular flexibility index (Phi) is 3.66. The van der Waals surface area contributed by atoms with Gasteiger partial charge in [-0.05, 0) is 31.0 Å². The SMILES string of the molecule is COCc1nc2cc(NC3CCCOC3)ccc2o1. The van der Waals surface area contributed by atoms with Gasteiger partial charge in [-0.15, -0.1) is 0 Å². The minimum Gasteiger partial charge on any atom is -0.438 e. The molecule has 5 nitrogen and oxygen atoms in total. The van der Waals surface area contributed by atoms with Crippen molar-refractivity contribution in [3.05, 3.63) is 24.1 Å². The van der Waals surface area contributed by atoms with Crippen LogP contribution in [-0.2, 0) is 16.1 Å². The largest absolute Gasteiger partial charge is 0.438 e. The highest BCUT2D eigenvalue weighted by Crippen LogP contribution is 2.22. The van der Waals surface area contributed by atoms with Crippen LogP contribution in [-0.4, -0.2) is 31.3 Å². The Morgan fingerprint density at radius 3 is 3.21 bits per heavy atom. The molecule has 3 rings (SSSR count). The molecule has 1 aliphatic heterocycles. The van der Waals surface area contributed by atoms with E-state index in [1.54, 1.807) is 7.11 Å². The summed E-state index contributed by atoms with van der Waals surface area (Å²) < 4.78 is 16.1. The first-order valence-electron chi connectivity index (χ1n) is 6.58. The molecule has 1 atom stereocenters. The monoisotopic (exact) mass is 262 g/mol. The van der Waals surface area contributed by atoms with Crippen molar-refractivity contribution in [1.82, 2.24) is 4.98 Å². The van der Waals surface area contributed by atoms with Crippen molar-refractivity contribution >= 4 is 16.8 Å². The average Bonchev–Trinajstić information content (AvgIpc) is 2.82. The van der Waals surface area contributed by atoms with Gasteiger partial charge in [0.25, 0.3) is 0 Å². The highest BCUT2D eigenvalue weighted by atomic mass is 16.5. The summed E-state index contributed by atoms with van der Waals surface area (Å²) in [5, 5.41) is 3.48. The van der Waals surface area contributed by atoms with Crippen molar-refractivity contribution in [2.24, 2.45) is 0 Å². The number of fused-ring (bicyclic) bond motifs is 1. The van der Waals surface area contributed by atoms with Crippen LogP contribution in [0.2, 0.25) is 0 Å². The van der Waals surface area contributed by atoms with E-state index in [0.717, 1.165) is 42.8 Å². The van der Waals surface area contributed by atoms with Crippen molar-refractivity contribution in [2.75, 3.05) is 25.6 Å². The van der Waals surface area contributed by atoms with Gasteiger partial charge in [0.2, 0.25) is 5.89 Å². The van der Waals surface area contributed by atoms with Gasteiger partial charge in [-0.3, -0.25) is 0 Å². The summed E-state index contributed by atoms with van der Waals surface area (Å²) in [6, 6.07) is 6.34. The fourth-order valence-corrected chi connectivity index (χ4v) is 2.34. The molecule has 0 bridgehead atoms. The Morgan fingerprint density at radius 1 is 1.47 bits per heavy atom. The van der Waals surface area contributed by atoms with Crippen molar-refractivity contribution in [3.63, 3.8) is 0 Å². The summed E-state index contributed by atoms with van der Waals surface area (Å²) in [6.45, 7) is 2.04. The molecule has 1 unspecified atom stereocenters. The molecule has 1 aromatic heterocycles. The number of aromatic nitrogens is 1. The Morgan fingerprint density at radius 2 is 2.42 bits per heavy atom. The molecule has 1 saturated heterocycles. The molecule has 0 spiro atoms. The predicted molar refractivity (Wildman–Crippen MR) is 72.2 cm³/mol. The van der Waals surface area contributed by atoms with Crippen molar-refractivity contribution < 1.29 is 13.9 Å². The lowest BCUT2D eigenvalue weighted by Gasteiger charge is -2.24. The second-order valence-electron chi connectivity index (χ2n) is 4.78. The van der Waals surface area contributed by atoms with Gasteiger partial charge in [0, 0.05) is 25.4 Å². The summed E-state index contributed by atoms with van der Waals surface area (Å²) in [4.78, 5) is 4.39. The van der Waals surface area contributed by atoms with Crippen LogP contribution in [0.25, 0.3) is 11.1 Å². The number of hydrogen-bond donors (Lipinski definition) is 1. The van der Waals surface area contributed by atoms with E-state index in [1.165, 1.54) is 0 Å². The second-order valence-corrected chi connectivity index (χ2v) is 4.78. The molecule has 5 heteroatoms. The van der Waals surface area contributed by atoms with E-state index < -0.39 is 0 Å². The quantitative estimate of drug-likeness (QED) is 0.917. The lowest BCUT2D eigenvalue weighted by atomic mass is 10.1. The fourth-order valence-electron chi connectivity index (χ4n) is 2.34. The maximum atomic E-state index is 5.56. The van der Waals surface area contributed by atoms with E-state index in [0.29, 0.717) is 18.5 Å². The number of nitrogens with one attached hydrogen (secondary N) is 1. The smallest absolute Gasteiger partial charge is 0.221 e. The number of nitrogens with zero attached hydrogens (tertiary/aromatic N) is 1. The van der Waals surface area contributed by atoms with E-state index in [2.05, 4.69) is 10.3 Å². The number of anilines is 1. The third-order valence-corrected chi connectivity index (χ3v) is 3.23. The zero-order chi connectivity index (χ0) is 13.1. The maximum absolute atomic E-state index is 5.56. The van der Waals surface area contributed by atoms with Crippen molar-refractivity contribution in [1.29, 1.82) is 0 Å². The van der Waals surface area contributed by atoms with Gasteiger partial charge in [-0.2, -0.15) is 0 Å². The van der Waals surface area contributed by atoms with Crippen LogP contribution in [0.15, 0.2) is 22.6 Å². The zero-order valence-electron chi connectivity index (χ0n) is 11.0. The first-order chi connectivity index (χ1) is 9.35. The van der Waals surface area contributed by atoms with Gasteiger partial charge >= 0.3 is 0 Å². The van der Waals surface area contributed by atoms with Gasteiger partial charge < -0.3 is 19.2 Å². The molecule has 0 radical (unpaired) electrons. The van der Waals surface area contributed by atoms with Crippen molar-refractivity contribution in [3.8, 4) is 0 Å². The molecule has 2 aromatic rings. The normalized spacial score (nSPS) is 19.7. The van der Waals surface area contributed by atoms with E-state index in [9.17, 15) is 0 Å². The molecule has 19 heavy (non-hydrogen) atoms. The van der Waals surface area contributed by atoms with E-state index in [4.69, 9.17) is 13.9 Å². The summed E-state index contributed by atoms with van der Waals surface area (Å²) in [6.07, 6.45) is 2.26. The summed E-state index contributed by atoms with van der Waals surface area (Å²) in [5.41, 5.74) is 2.70. The molecular formula is C14H18N2O3. The molecule has 102 valence electrons. The van der Waals surface area contributed by atoms with E-state index in [-0.39, 0.29) is 0 Å². The molecule has 1 N–H and O–H groups in total. The lowest BCUT2D eigenvalue weighted by Crippen LogP contribution is -2.29. The third-order valence-electron chi connectivity index (χ3n) is 3.23. The minimum atomic E-state index is 0.386. The number of methoxy groups -OCH3 is 1. The van der Waals surface area contributed by atoms with Crippen LogP contribution in [0.1, 0.15) is 18.7 Å². The standard InChI is InChI=1S/C14H18N2O3/c1-17-9-14-16-12-7-10(4-5-13(12)19-14)15-11-3-2-6-18-8-11/h4-5,7,11,15H,2-3,6,8-9H2,1H3. The Bertz CT molecular complexity index is 547. The van der Waals surface area contributed by atoms with Crippen LogP contribution < -0.4 is 5.32 Å². The third kappa shape index (κ3) is 2.88. The topological polar surface area (TPSA) is 56.5 Å². The number of ether oxygens (including phenoxy) is 2. The lowest BCUT2D eigenvalue weighted by molar-refractivity contribution is 0.0876. The van der Waals surface area contributed by atoms with Crippen LogP contribution >= 0.6 is 0 Å². The highest BCUT2D eigenvalue weighted by Gasteiger charge is 2.14. The van der Waals surface area contributed by atoms with E-state index >= 15 is 0 Å². The summed E-state index contributed by atoms with van der Waals surface area (Å²) in [5.74, 6) is 0.607. The Balaban J connectivity index is 1.76. The Labute approximate surface area is 111 Å². The maximum Gasteiger partial charge on any atom is 0.221 e. The van der Waals surface area contributed by atoms with Crippen LogP contribution in [0, 0.1) is 0 Å².